The van der Waals surface area contributed by atoms with Gasteiger partial charge >= 0.3 is 12.1 Å². The van der Waals surface area contributed by atoms with Crippen molar-refractivity contribution in [3.05, 3.63) is 35.4 Å². The zero-order valence-electron chi connectivity index (χ0n) is 17.0. The molecule has 0 aliphatic carbocycles. The Labute approximate surface area is 157 Å². The number of amides is 4. The van der Waals surface area contributed by atoms with E-state index >= 15 is 0 Å². The van der Waals surface area contributed by atoms with Crippen LogP contribution in [0.15, 0.2) is 24.3 Å². The van der Waals surface area contributed by atoms with Gasteiger partial charge in [-0.05, 0) is 51.7 Å². The molecule has 0 bridgehead atoms. The highest BCUT2D eigenvalue weighted by atomic mass is 16.2. The molecule has 0 unspecified atom stereocenters. The standard InChI is InChI=1S/C20H34N4O2/c1-7-12-21-17(25)23-19(3,4)15-10-9-11-16(14-15)20(5,6)24-18(26)22-13-8-2/h9-11,14H,7-8,12-13H2,1-6H3,(H2,21,23,25)(H2,22,24,26). The molecule has 0 spiro atoms. The summed E-state index contributed by atoms with van der Waals surface area (Å²) in [7, 11) is 0. The first-order valence-corrected chi connectivity index (χ1v) is 9.35. The Hall–Kier alpha value is -2.24. The predicted octanol–water partition coefficient (Wildman–Crippen LogP) is 3.58. The average Bonchev–Trinajstić information content (AvgIpc) is 2.57. The summed E-state index contributed by atoms with van der Waals surface area (Å²) in [4.78, 5) is 24.1. The first-order chi connectivity index (χ1) is 12.1. The molecule has 0 radical (unpaired) electrons. The number of nitrogens with one attached hydrogen (secondary N) is 4. The second-order valence-electron chi connectivity index (χ2n) is 7.59. The zero-order chi connectivity index (χ0) is 19.8. The van der Waals surface area contributed by atoms with Crippen molar-refractivity contribution < 1.29 is 9.59 Å². The Bertz CT molecular complexity index is 562. The van der Waals surface area contributed by atoms with Gasteiger partial charge in [-0.15, -0.1) is 0 Å². The van der Waals surface area contributed by atoms with Crippen LogP contribution in [0.1, 0.15) is 65.5 Å². The molecule has 0 aromatic heterocycles. The van der Waals surface area contributed by atoms with Gasteiger partial charge in [0.2, 0.25) is 0 Å². The lowest BCUT2D eigenvalue weighted by Crippen LogP contribution is -2.48. The number of carbonyl (C=O) groups excluding carboxylic acids is 2. The van der Waals surface area contributed by atoms with E-state index < -0.39 is 11.1 Å². The van der Waals surface area contributed by atoms with Crippen molar-refractivity contribution >= 4 is 12.1 Å². The molecule has 146 valence electrons. The molecule has 6 nitrogen and oxygen atoms in total. The van der Waals surface area contributed by atoms with Crippen LogP contribution in [0.3, 0.4) is 0 Å². The summed E-state index contributed by atoms with van der Waals surface area (Å²) >= 11 is 0. The highest BCUT2D eigenvalue weighted by Crippen LogP contribution is 2.26. The van der Waals surface area contributed by atoms with E-state index in [1.165, 1.54) is 0 Å². The van der Waals surface area contributed by atoms with Gasteiger partial charge in [-0.25, -0.2) is 9.59 Å². The quantitative estimate of drug-likeness (QED) is 0.570. The third kappa shape index (κ3) is 6.58. The minimum atomic E-state index is -0.533. The largest absolute Gasteiger partial charge is 0.338 e. The van der Waals surface area contributed by atoms with Crippen LogP contribution in [0.25, 0.3) is 0 Å². The highest BCUT2D eigenvalue weighted by Gasteiger charge is 2.27. The van der Waals surface area contributed by atoms with Crippen LogP contribution in [0.4, 0.5) is 9.59 Å². The van der Waals surface area contributed by atoms with Crippen molar-refractivity contribution in [2.75, 3.05) is 13.1 Å². The number of benzene rings is 1. The first kappa shape index (κ1) is 21.8. The number of rotatable bonds is 8. The van der Waals surface area contributed by atoms with Crippen LogP contribution in [0, 0.1) is 0 Å². The Kier molecular flexibility index (Phi) is 7.93. The van der Waals surface area contributed by atoms with Crippen LogP contribution >= 0.6 is 0 Å². The van der Waals surface area contributed by atoms with Gasteiger partial charge in [0, 0.05) is 13.1 Å². The maximum atomic E-state index is 12.0. The lowest BCUT2D eigenvalue weighted by Gasteiger charge is -2.31. The fourth-order valence-electron chi connectivity index (χ4n) is 2.57. The van der Waals surface area contributed by atoms with Crippen molar-refractivity contribution in [3.8, 4) is 0 Å². The minimum absolute atomic E-state index is 0.182. The van der Waals surface area contributed by atoms with Crippen LogP contribution in [-0.4, -0.2) is 25.2 Å². The van der Waals surface area contributed by atoms with Gasteiger partial charge in [0.15, 0.2) is 0 Å². The second kappa shape index (κ2) is 9.46. The molecule has 0 aliphatic heterocycles. The fourth-order valence-corrected chi connectivity index (χ4v) is 2.57. The lowest BCUT2D eigenvalue weighted by molar-refractivity contribution is 0.230. The van der Waals surface area contributed by atoms with Crippen LogP contribution < -0.4 is 21.3 Å². The molecular weight excluding hydrogens is 328 g/mol. The summed E-state index contributed by atoms with van der Waals surface area (Å²) in [5.74, 6) is 0. The molecule has 1 aromatic rings. The molecule has 1 aromatic carbocycles. The Balaban J connectivity index is 2.91. The highest BCUT2D eigenvalue weighted by molar-refractivity contribution is 5.75. The lowest BCUT2D eigenvalue weighted by atomic mass is 9.87. The topological polar surface area (TPSA) is 82.3 Å². The van der Waals surface area contributed by atoms with Gasteiger partial charge in [-0.1, -0.05) is 38.1 Å². The molecule has 0 heterocycles. The van der Waals surface area contributed by atoms with Crippen LogP contribution in [-0.2, 0) is 11.1 Å². The average molecular weight is 363 g/mol. The van der Waals surface area contributed by atoms with E-state index in [9.17, 15) is 9.59 Å². The van der Waals surface area contributed by atoms with Crippen molar-refractivity contribution in [3.63, 3.8) is 0 Å². The molecule has 1 rings (SSSR count). The number of hydrogen-bond donors (Lipinski definition) is 4. The van der Waals surface area contributed by atoms with Gasteiger partial charge in [-0.2, -0.15) is 0 Å². The third-order valence-electron chi connectivity index (χ3n) is 4.23. The summed E-state index contributed by atoms with van der Waals surface area (Å²) in [6.07, 6.45) is 1.78. The maximum absolute atomic E-state index is 12.0. The van der Waals surface area contributed by atoms with E-state index in [0.29, 0.717) is 13.1 Å². The van der Waals surface area contributed by atoms with Crippen LogP contribution in [0.5, 0.6) is 0 Å². The first-order valence-electron chi connectivity index (χ1n) is 9.35. The summed E-state index contributed by atoms with van der Waals surface area (Å²) in [6, 6.07) is 7.58. The Morgan fingerprint density at radius 1 is 0.808 bits per heavy atom. The fraction of sp³-hybridized carbons (Fsp3) is 0.600. The Morgan fingerprint density at radius 3 is 1.54 bits per heavy atom. The zero-order valence-corrected chi connectivity index (χ0v) is 17.0. The van der Waals surface area contributed by atoms with Gasteiger partial charge < -0.3 is 21.3 Å². The SMILES string of the molecule is CCCNC(=O)NC(C)(C)c1cccc(C(C)(C)NC(=O)NCCC)c1. The molecule has 0 saturated heterocycles. The van der Waals surface area contributed by atoms with E-state index in [4.69, 9.17) is 0 Å². The molecule has 26 heavy (non-hydrogen) atoms. The van der Waals surface area contributed by atoms with Gasteiger partial charge in [-0.3, -0.25) is 0 Å². The third-order valence-corrected chi connectivity index (χ3v) is 4.23. The number of hydrogen-bond acceptors (Lipinski definition) is 2. The molecular formula is C20H34N4O2. The normalized spacial score (nSPS) is 11.6. The van der Waals surface area contributed by atoms with E-state index in [1.54, 1.807) is 0 Å². The molecule has 0 saturated carbocycles. The Morgan fingerprint density at radius 2 is 1.19 bits per heavy atom. The monoisotopic (exact) mass is 362 g/mol. The van der Waals surface area contributed by atoms with Crippen molar-refractivity contribution in [1.29, 1.82) is 0 Å². The molecule has 0 fully saturated rings. The van der Waals surface area contributed by atoms with E-state index in [-0.39, 0.29) is 12.1 Å². The maximum Gasteiger partial charge on any atom is 0.315 e. The van der Waals surface area contributed by atoms with Gasteiger partial charge in [0.05, 0.1) is 11.1 Å². The number of urea groups is 2. The minimum Gasteiger partial charge on any atom is -0.338 e. The molecule has 0 aliphatic rings. The molecule has 0 atom stereocenters. The van der Waals surface area contributed by atoms with Gasteiger partial charge in [0.25, 0.3) is 0 Å². The predicted molar refractivity (Wildman–Crippen MR) is 106 cm³/mol. The summed E-state index contributed by atoms with van der Waals surface area (Å²) < 4.78 is 0. The van der Waals surface area contributed by atoms with Crippen molar-refractivity contribution in [2.45, 2.75) is 65.5 Å². The number of carbonyl (C=O) groups is 2. The van der Waals surface area contributed by atoms with Crippen molar-refractivity contribution in [2.24, 2.45) is 0 Å². The smallest absolute Gasteiger partial charge is 0.315 e. The van der Waals surface area contributed by atoms with Crippen molar-refractivity contribution in [1.82, 2.24) is 21.3 Å². The summed E-state index contributed by atoms with van der Waals surface area (Å²) in [6.45, 7) is 13.2. The van der Waals surface area contributed by atoms with E-state index in [1.807, 2.05) is 65.8 Å². The molecule has 4 N–H and O–H groups in total. The molecule has 4 amide bonds. The van der Waals surface area contributed by atoms with Crippen LogP contribution in [0.2, 0.25) is 0 Å². The van der Waals surface area contributed by atoms with E-state index in [0.717, 1.165) is 24.0 Å². The summed E-state index contributed by atoms with van der Waals surface area (Å²) in [5, 5.41) is 11.7. The summed E-state index contributed by atoms with van der Waals surface area (Å²) in [5.41, 5.74) is 0.888. The molecule has 6 heteroatoms. The second-order valence-corrected chi connectivity index (χ2v) is 7.59. The van der Waals surface area contributed by atoms with E-state index in [2.05, 4.69) is 21.3 Å². The van der Waals surface area contributed by atoms with Gasteiger partial charge in [0.1, 0.15) is 0 Å².